The Kier molecular flexibility index (Phi) is 3.87. The van der Waals surface area contributed by atoms with Crippen LogP contribution in [0, 0.1) is 13.8 Å². The molecule has 1 aliphatic rings. The Bertz CT molecular complexity index is 1230. The summed E-state index contributed by atoms with van der Waals surface area (Å²) in [6.45, 7) is 8.80. The van der Waals surface area contributed by atoms with Gasteiger partial charge in [0.1, 0.15) is 0 Å². The Labute approximate surface area is 167 Å². The lowest BCUT2D eigenvalue weighted by Gasteiger charge is -2.15. The van der Waals surface area contributed by atoms with Gasteiger partial charge in [-0.2, -0.15) is 0 Å². The molecule has 0 N–H and O–H groups in total. The van der Waals surface area contributed by atoms with Gasteiger partial charge < -0.3 is 0 Å². The van der Waals surface area contributed by atoms with Crippen LogP contribution in [0.5, 0.6) is 0 Å². The molecular weight excluding hydrogens is 338 g/mol. The van der Waals surface area contributed by atoms with E-state index in [9.17, 15) is 0 Å². The molecule has 1 aliphatic carbocycles. The van der Waals surface area contributed by atoms with Gasteiger partial charge in [0.15, 0.2) is 0 Å². The fourth-order valence-electron chi connectivity index (χ4n) is 4.55. The van der Waals surface area contributed by atoms with E-state index in [-0.39, 0.29) is 0 Å². The molecule has 138 valence electrons. The van der Waals surface area contributed by atoms with Crippen molar-refractivity contribution in [1.29, 1.82) is 0 Å². The Morgan fingerprint density at radius 3 is 2.43 bits per heavy atom. The standard InChI is InChI=1S/C27H25N/c1-16(2)19-9-10-21-13-18(4)28-27(23(21)14-19)26-12-17(3)11-24-22-8-6-5-7-20(22)15-25(24)26/h5-14,16H,15H2,1-4H3. The minimum atomic E-state index is 0.506. The van der Waals surface area contributed by atoms with Gasteiger partial charge >= 0.3 is 0 Å². The fraction of sp³-hybridized carbons (Fsp3) is 0.222. The Hall–Kier alpha value is -2.93. The van der Waals surface area contributed by atoms with E-state index in [1.54, 1.807) is 0 Å². The maximum Gasteiger partial charge on any atom is 0.0786 e. The summed E-state index contributed by atoms with van der Waals surface area (Å²) in [6, 6.07) is 22.5. The molecule has 28 heavy (non-hydrogen) atoms. The molecule has 0 spiro atoms. The van der Waals surface area contributed by atoms with Crippen LogP contribution in [0.2, 0.25) is 0 Å². The Morgan fingerprint density at radius 2 is 1.61 bits per heavy atom. The number of nitrogens with zero attached hydrogens (tertiary/aromatic N) is 1. The Balaban J connectivity index is 1.82. The van der Waals surface area contributed by atoms with Crippen LogP contribution in [0.3, 0.4) is 0 Å². The van der Waals surface area contributed by atoms with Crippen LogP contribution in [0.15, 0.2) is 60.7 Å². The van der Waals surface area contributed by atoms with Crippen LogP contribution in [-0.2, 0) is 6.42 Å². The summed E-state index contributed by atoms with van der Waals surface area (Å²) in [6.07, 6.45) is 0.988. The molecule has 0 bridgehead atoms. The zero-order valence-electron chi connectivity index (χ0n) is 17.0. The number of rotatable bonds is 2. The number of benzene rings is 3. The van der Waals surface area contributed by atoms with Gasteiger partial charge in [-0.05, 0) is 83.2 Å². The van der Waals surface area contributed by atoms with Gasteiger partial charge in [-0.3, -0.25) is 4.98 Å². The quantitative estimate of drug-likeness (QED) is 0.323. The van der Waals surface area contributed by atoms with Crippen molar-refractivity contribution in [2.45, 2.75) is 40.0 Å². The molecule has 5 rings (SSSR count). The SMILES string of the molecule is Cc1cc2c(c(-c3nc(C)cc4ccc(C(C)C)cc34)c1)Cc1ccccc1-2. The lowest BCUT2D eigenvalue weighted by molar-refractivity contribution is 0.868. The molecule has 0 radical (unpaired) electrons. The number of hydrogen-bond donors (Lipinski definition) is 0. The first-order valence-electron chi connectivity index (χ1n) is 10.1. The molecule has 0 unspecified atom stereocenters. The van der Waals surface area contributed by atoms with Crippen LogP contribution in [0.1, 0.15) is 47.7 Å². The van der Waals surface area contributed by atoms with Crippen LogP contribution in [0.4, 0.5) is 0 Å². The molecule has 4 aromatic rings. The van der Waals surface area contributed by atoms with Gasteiger partial charge in [0, 0.05) is 16.6 Å². The first kappa shape index (κ1) is 17.2. The largest absolute Gasteiger partial charge is 0.252 e. The van der Waals surface area contributed by atoms with Crippen molar-refractivity contribution in [3.8, 4) is 22.4 Å². The van der Waals surface area contributed by atoms with Gasteiger partial charge in [-0.1, -0.05) is 56.3 Å². The first-order valence-corrected chi connectivity index (χ1v) is 10.1. The van der Waals surface area contributed by atoms with E-state index in [2.05, 4.69) is 88.4 Å². The summed E-state index contributed by atoms with van der Waals surface area (Å²) >= 11 is 0. The number of fused-ring (bicyclic) bond motifs is 4. The minimum absolute atomic E-state index is 0.506. The predicted octanol–water partition coefficient (Wildman–Crippen LogP) is 7.21. The molecule has 0 atom stereocenters. The molecule has 3 aromatic carbocycles. The third-order valence-electron chi connectivity index (χ3n) is 5.98. The van der Waals surface area contributed by atoms with Crippen LogP contribution < -0.4 is 0 Å². The third kappa shape index (κ3) is 2.65. The molecule has 1 nitrogen and oxygen atoms in total. The number of pyridine rings is 1. The molecule has 1 heteroatoms. The summed E-state index contributed by atoms with van der Waals surface area (Å²) < 4.78 is 0. The maximum absolute atomic E-state index is 5.05. The molecule has 1 aromatic heterocycles. The van der Waals surface area contributed by atoms with Gasteiger partial charge in [0.2, 0.25) is 0 Å². The number of hydrogen-bond acceptors (Lipinski definition) is 1. The van der Waals surface area contributed by atoms with Crippen molar-refractivity contribution < 1.29 is 0 Å². The maximum atomic E-state index is 5.05. The van der Waals surface area contributed by atoms with Gasteiger partial charge in [-0.25, -0.2) is 0 Å². The second-order valence-corrected chi connectivity index (χ2v) is 8.42. The summed E-state index contributed by atoms with van der Waals surface area (Å²) in [7, 11) is 0. The fourth-order valence-corrected chi connectivity index (χ4v) is 4.55. The van der Waals surface area contributed by atoms with E-state index in [0.29, 0.717) is 5.92 Å². The van der Waals surface area contributed by atoms with E-state index in [0.717, 1.165) is 17.8 Å². The van der Waals surface area contributed by atoms with Gasteiger partial charge in [-0.15, -0.1) is 0 Å². The van der Waals surface area contributed by atoms with E-state index in [4.69, 9.17) is 4.98 Å². The summed E-state index contributed by atoms with van der Waals surface area (Å²) in [5.74, 6) is 0.506. The number of aromatic nitrogens is 1. The lowest BCUT2D eigenvalue weighted by Crippen LogP contribution is -1.97. The van der Waals surface area contributed by atoms with Gasteiger partial charge in [0.05, 0.1) is 5.69 Å². The van der Waals surface area contributed by atoms with E-state index < -0.39 is 0 Å². The Morgan fingerprint density at radius 1 is 0.821 bits per heavy atom. The highest BCUT2D eigenvalue weighted by Gasteiger charge is 2.23. The number of aryl methyl sites for hydroxylation is 2. The van der Waals surface area contributed by atoms with Crippen molar-refractivity contribution in [2.75, 3.05) is 0 Å². The normalized spacial score (nSPS) is 12.5. The second kappa shape index (κ2) is 6.31. The minimum Gasteiger partial charge on any atom is -0.252 e. The van der Waals surface area contributed by atoms with Crippen molar-refractivity contribution in [1.82, 2.24) is 4.98 Å². The highest BCUT2D eigenvalue weighted by atomic mass is 14.7. The predicted molar refractivity (Wildman–Crippen MR) is 119 cm³/mol. The summed E-state index contributed by atoms with van der Waals surface area (Å²) in [5, 5.41) is 2.54. The smallest absolute Gasteiger partial charge is 0.0786 e. The van der Waals surface area contributed by atoms with E-state index in [1.807, 2.05) is 0 Å². The van der Waals surface area contributed by atoms with Crippen molar-refractivity contribution in [2.24, 2.45) is 0 Å². The zero-order valence-corrected chi connectivity index (χ0v) is 17.0. The molecule has 0 aliphatic heterocycles. The average Bonchev–Trinajstić information content (AvgIpc) is 3.05. The molecular formula is C27H25N. The molecule has 1 heterocycles. The zero-order chi connectivity index (χ0) is 19.4. The van der Waals surface area contributed by atoms with Crippen molar-refractivity contribution >= 4 is 10.8 Å². The monoisotopic (exact) mass is 363 g/mol. The van der Waals surface area contributed by atoms with Crippen molar-refractivity contribution in [3.63, 3.8) is 0 Å². The van der Waals surface area contributed by atoms with Crippen LogP contribution >= 0.6 is 0 Å². The molecule has 0 amide bonds. The first-order chi connectivity index (χ1) is 13.5. The topological polar surface area (TPSA) is 12.9 Å². The highest BCUT2D eigenvalue weighted by molar-refractivity contribution is 5.98. The molecule has 0 saturated carbocycles. The molecule has 0 fully saturated rings. The highest BCUT2D eigenvalue weighted by Crippen LogP contribution is 2.43. The van der Waals surface area contributed by atoms with Crippen LogP contribution in [-0.4, -0.2) is 4.98 Å². The average molecular weight is 364 g/mol. The summed E-state index contributed by atoms with van der Waals surface area (Å²) in [4.78, 5) is 5.05. The van der Waals surface area contributed by atoms with E-state index >= 15 is 0 Å². The van der Waals surface area contributed by atoms with Crippen LogP contribution in [0.25, 0.3) is 33.2 Å². The van der Waals surface area contributed by atoms with Crippen molar-refractivity contribution in [3.05, 3.63) is 88.6 Å². The third-order valence-corrected chi connectivity index (χ3v) is 5.98. The van der Waals surface area contributed by atoms with E-state index in [1.165, 1.54) is 49.7 Å². The molecule has 0 saturated heterocycles. The summed E-state index contributed by atoms with van der Waals surface area (Å²) in [5.41, 5.74) is 11.8. The second-order valence-electron chi connectivity index (χ2n) is 8.42. The van der Waals surface area contributed by atoms with Gasteiger partial charge in [0.25, 0.3) is 0 Å². The lowest BCUT2D eigenvalue weighted by atomic mass is 9.92.